The number of amides is 1. The van der Waals surface area contributed by atoms with Gasteiger partial charge in [0.15, 0.2) is 0 Å². The van der Waals surface area contributed by atoms with Crippen LogP contribution >= 0.6 is 27.7 Å². The maximum Gasteiger partial charge on any atom is 0.234 e. The van der Waals surface area contributed by atoms with Crippen LogP contribution in [0.15, 0.2) is 22.7 Å². The highest BCUT2D eigenvalue weighted by molar-refractivity contribution is 9.10. The van der Waals surface area contributed by atoms with E-state index in [2.05, 4.69) is 21.2 Å². The Hall–Kier alpha value is -0.590. The van der Waals surface area contributed by atoms with E-state index in [1.165, 1.54) is 23.9 Å². The van der Waals surface area contributed by atoms with Gasteiger partial charge in [0.2, 0.25) is 5.91 Å². The zero-order valence-electron chi connectivity index (χ0n) is 8.37. The molecule has 1 amide bonds. The van der Waals surface area contributed by atoms with Gasteiger partial charge in [-0.15, -0.1) is 11.8 Å². The topological polar surface area (TPSA) is 49.3 Å². The molecule has 1 aromatic rings. The normalized spacial score (nSPS) is 10.2. The van der Waals surface area contributed by atoms with Gasteiger partial charge in [-0.25, -0.2) is 4.39 Å². The fourth-order valence-corrected chi connectivity index (χ4v) is 1.87. The highest BCUT2D eigenvalue weighted by Crippen LogP contribution is 2.19. The van der Waals surface area contributed by atoms with Crippen LogP contribution in [0.5, 0.6) is 0 Å². The van der Waals surface area contributed by atoms with Crippen molar-refractivity contribution in [3.63, 3.8) is 0 Å². The molecule has 3 nitrogen and oxygen atoms in total. The van der Waals surface area contributed by atoms with Crippen molar-refractivity contribution in [1.29, 1.82) is 0 Å². The second kappa shape index (κ2) is 6.88. The highest BCUT2D eigenvalue weighted by Gasteiger charge is 2.07. The lowest BCUT2D eigenvalue weighted by molar-refractivity contribution is -0.113. The van der Waals surface area contributed by atoms with Crippen LogP contribution in [-0.2, 0) is 4.79 Å². The lowest BCUT2D eigenvalue weighted by Crippen LogP contribution is -2.15. The predicted molar refractivity (Wildman–Crippen MR) is 67.1 cm³/mol. The minimum atomic E-state index is -0.477. The number of thioether (sulfide) groups is 1. The number of nitrogens with one attached hydrogen (secondary N) is 1. The van der Waals surface area contributed by atoms with Gasteiger partial charge in [-0.05, 0) is 18.2 Å². The van der Waals surface area contributed by atoms with Crippen LogP contribution in [0.1, 0.15) is 0 Å². The SMILES string of the molecule is O=C(CSCCO)Nc1ccc(Br)cc1F. The first-order valence-electron chi connectivity index (χ1n) is 4.57. The minimum Gasteiger partial charge on any atom is -0.396 e. The molecule has 0 aromatic heterocycles. The average Bonchev–Trinajstić information content (AvgIpc) is 2.23. The molecule has 0 atom stereocenters. The summed E-state index contributed by atoms with van der Waals surface area (Å²) >= 11 is 4.43. The van der Waals surface area contributed by atoms with Crippen LogP contribution in [0.3, 0.4) is 0 Å². The Balaban J connectivity index is 2.49. The number of hydrogen-bond acceptors (Lipinski definition) is 3. The molecule has 1 rings (SSSR count). The van der Waals surface area contributed by atoms with E-state index in [1.54, 1.807) is 6.07 Å². The molecule has 0 saturated carbocycles. The van der Waals surface area contributed by atoms with Crippen LogP contribution in [0.25, 0.3) is 0 Å². The van der Waals surface area contributed by atoms with Crippen molar-refractivity contribution in [2.75, 3.05) is 23.4 Å². The summed E-state index contributed by atoms with van der Waals surface area (Å²) < 4.78 is 13.9. The molecule has 88 valence electrons. The van der Waals surface area contributed by atoms with E-state index in [9.17, 15) is 9.18 Å². The molecular formula is C10H11BrFNO2S. The van der Waals surface area contributed by atoms with E-state index in [4.69, 9.17) is 5.11 Å². The summed E-state index contributed by atoms with van der Waals surface area (Å²) in [7, 11) is 0. The second-order valence-electron chi connectivity index (χ2n) is 2.95. The molecule has 0 aliphatic heterocycles. The Morgan fingerprint density at radius 3 is 2.94 bits per heavy atom. The third-order valence-corrected chi connectivity index (χ3v) is 3.10. The third kappa shape index (κ3) is 4.51. The summed E-state index contributed by atoms with van der Waals surface area (Å²) in [5.74, 6) is -0.0543. The first kappa shape index (κ1) is 13.5. The molecule has 0 saturated heterocycles. The molecule has 0 bridgehead atoms. The molecule has 0 aliphatic carbocycles. The molecule has 2 N–H and O–H groups in total. The van der Waals surface area contributed by atoms with Crippen molar-refractivity contribution in [3.8, 4) is 0 Å². The van der Waals surface area contributed by atoms with Crippen LogP contribution in [0.4, 0.5) is 10.1 Å². The summed E-state index contributed by atoms with van der Waals surface area (Å²) in [5, 5.41) is 11.0. The van der Waals surface area contributed by atoms with Crippen LogP contribution in [0.2, 0.25) is 0 Å². The van der Waals surface area contributed by atoms with Crippen molar-refractivity contribution < 1.29 is 14.3 Å². The first-order chi connectivity index (χ1) is 7.63. The largest absolute Gasteiger partial charge is 0.396 e. The second-order valence-corrected chi connectivity index (χ2v) is 4.97. The molecule has 0 fully saturated rings. The van der Waals surface area contributed by atoms with E-state index in [0.717, 1.165) is 0 Å². The Labute approximate surface area is 106 Å². The highest BCUT2D eigenvalue weighted by atomic mass is 79.9. The van der Waals surface area contributed by atoms with Crippen LogP contribution in [0, 0.1) is 5.82 Å². The van der Waals surface area contributed by atoms with Gasteiger partial charge >= 0.3 is 0 Å². The van der Waals surface area contributed by atoms with E-state index < -0.39 is 5.82 Å². The quantitative estimate of drug-likeness (QED) is 0.820. The van der Waals surface area contributed by atoms with E-state index in [0.29, 0.717) is 10.2 Å². The maximum atomic E-state index is 13.3. The number of halogens is 2. The number of aliphatic hydroxyl groups excluding tert-OH is 1. The van der Waals surface area contributed by atoms with Crippen molar-refractivity contribution in [2.45, 2.75) is 0 Å². The molecule has 0 spiro atoms. The Morgan fingerprint density at radius 1 is 1.56 bits per heavy atom. The zero-order valence-corrected chi connectivity index (χ0v) is 10.8. The number of anilines is 1. The van der Waals surface area contributed by atoms with Gasteiger partial charge in [-0.3, -0.25) is 4.79 Å². The summed E-state index contributed by atoms with van der Waals surface area (Å²) in [6.45, 7) is 0.0323. The lowest BCUT2D eigenvalue weighted by atomic mass is 10.3. The van der Waals surface area contributed by atoms with E-state index in [-0.39, 0.29) is 24.0 Å². The zero-order chi connectivity index (χ0) is 12.0. The Kier molecular flexibility index (Phi) is 5.79. The standard InChI is InChI=1S/C10H11BrFNO2S/c11-7-1-2-9(8(12)5-7)13-10(15)6-16-4-3-14/h1-2,5,14H,3-4,6H2,(H,13,15). The van der Waals surface area contributed by atoms with Gasteiger partial charge in [0.1, 0.15) is 5.82 Å². The number of rotatable bonds is 5. The smallest absolute Gasteiger partial charge is 0.234 e. The number of carbonyl (C=O) groups is 1. The summed E-state index contributed by atoms with van der Waals surface area (Å²) in [4.78, 5) is 11.3. The summed E-state index contributed by atoms with van der Waals surface area (Å²) in [6.07, 6.45) is 0. The molecule has 0 unspecified atom stereocenters. The number of hydrogen-bond donors (Lipinski definition) is 2. The Bertz CT molecular complexity index is 376. The van der Waals surface area contributed by atoms with Crippen molar-refractivity contribution in [1.82, 2.24) is 0 Å². The minimum absolute atomic E-state index is 0.0323. The molecule has 0 heterocycles. The summed E-state index contributed by atoms with van der Waals surface area (Å²) in [5.41, 5.74) is 0.165. The average molecular weight is 308 g/mol. The van der Waals surface area contributed by atoms with Gasteiger partial charge in [-0.1, -0.05) is 15.9 Å². The van der Waals surface area contributed by atoms with Gasteiger partial charge in [0.05, 0.1) is 18.0 Å². The molecule has 1 aromatic carbocycles. The Morgan fingerprint density at radius 2 is 2.31 bits per heavy atom. The number of aliphatic hydroxyl groups is 1. The van der Waals surface area contributed by atoms with Gasteiger partial charge in [0, 0.05) is 10.2 Å². The predicted octanol–water partition coefficient (Wildman–Crippen LogP) is 2.25. The van der Waals surface area contributed by atoms with Gasteiger partial charge < -0.3 is 10.4 Å². The maximum absolute atomic E-state index is 13.3. The lowest BCUT2D eigenvalue weighted by Gasteiger charge is -2.06. The number of carbonyl (C=O) groups excluding carboxylic acids is 1. The van der Waals surface area contributed by atoms with Gasteiger partial charge in [0.25, 0.3) is 0 Å². The van der Waals surface area contributed by atoms with Crippen molar-refractivity contribution in [3.05, 3.63) is 28.5 Å². The van der Waals surface area contributed by atoms with E-state index >= 15 is 0 Å². The molecule has 16 heavy (non-hydrogen) atoms. The number of benzene rings is 1. The molecule has 0 aliphatic rings. The monoisotopic (exact) mass is 307 g/mol. The van der Waals surface area contributed by atoms with Gasteiger partial charge in [-0.2, -0.15) is 0 Å². The third-order valence-electron chi connectivity index (χ3n) is 1.67. The van der Waals surface area contributed by atoms with Crippen molar-refractivity contribution >= 4 is 39.3 Å². The first-order valence-corrected chi connectivity index (χ1v) is 6.51. The fourth-order valence-electron chi connectivity index (χ4n) is 1.01. The van der Waals surface area contributed by atoms with Crippen molar-refractivity contribution in [2.24, 2.45) is 0 Å². The van der Waals surface area contributed by atoms with Crippen LogP contribution < -0.4 is 5.32 Å². The molecule has 6 heteroatoms. The van der Waals surface area contributed by atoms with Crippen LogP contribution in [-0.4, -0.2) is 29.1 Å². The summed E-state index contributed by atoms with van der Waals surface area (Å²) in [6, 6.07) is 4.43. The van der Waals surface area contributed by atoms with E-state index in [1.807, 2.05) is 0 Å². The molecular weight excluding hydrogens is 297 g/mol. The fraction of sp³-hybridized carbons (Fsp3) is 0.300. The molecule has 0 radical (unpaired) electrons.